The average molecular weight is 474 g/mol. The van der Waals surface area contributed by atoms with E-state index in [1.54, 1.807) is 32.7 Å². The van der Waals surface area contributed by atoms with Crippen molar-refractivity contribution in [1.82, 2.24) is 10.2 Å². The van der Waals surface area contributed by atoms with Crippen molar-refractivity contribution in [3.8, 4) is 5.75 Å². The molecule has 2 rings (SSSR count). The number of nitrogens with one attached hydrogen (secondary N) is 1. The minimum absolute atomic E-state index is 0.0557. The van der Waals surface area contributed by atoms with Gasteiger partial charge in [0.25, 0.3) is 5.69 Å². The van der Waals surface area contributed by atoms with Crippen molar-refractivity contribution in [3.05, 3.63) is 70.3 Å². The number of rotatable bonds is 11. The van der Waals surface area contributed by atoms with Gasteiger partial charge in [0.1, 0.15) is 11.4 Å². The molecule has 0 radical (unpaired) electrons. The van der Waals surface area contributed by atoms with Crippen molar-refractivity contribution in [2.75, 3.05) is 26.9 Å². The second kappa shape index (κ2) is 12.7. The van der Waals surface area contributed by atoms with Gasteiger partial charge in [-0.3, -0.25) is 19.8 Å². The number of esters is 1. The summed E-state index contributed by atoms with van der Waals surface area (Å²) in [6.45, 7) is 5.65. The number of amides is 1. The molecule has 10 heteroatoms. The lowest BCUT2D eigenvalue weighted by molar-refractivity contribution is -0.384. The Morgan fingerprint density at radius 1 is 1.09 bits per heavy atom. The Morgan fingerprint density at radius 2 is 1.74 bits per heavy atom. The summed E-state index contributed by atoms with van der Waals surface area (Å²) in [6.07, 6.45) is 0.0171. The van der Waals surface area contributed by atoms with E-state index < -0.39 is 22.6 Å². The van der Waals surface area contributed by atoms with E-state index in [2.05, 4.69) is 5.32 Å². The molecule has 0 heterocycles. The van der Waals surface area contributed by atoms with E-state index >= 15 is 0 Å². The Morgan fingerprint density at radius 3 is 2.32 bits per heavy atom. The summed E-state index contributed by atoms with van der Waals surface area (Å²) in [5.41, 5.74) is 0.328. The fraction of sp³-hybridized carbons (Fsp3) is 0.417. The van der Waals surface area contributed by atoms with Crippen molar-refractivity contribution in [2.24, 2.45) is 0 Å². The van der Waals surface area contributed by atoms with Gasteiger partial charge in [0.2, 0.25) is 0 Å². The minimum Gasteiger partial charge on any atom is -0.444 e. The molecule has 2 aromatic carbocycles. The van der Waals surface area contributed by atoms with Crippen LogP contribution in [0.1, 0.15) is 26.3 Å². The fourth-order valence-electron chi connectivity index (χ4n) is 2.94. The number of carbonyl (C=O) groups is 2. The molecule has 0 aliphatic rings. The van der Waals surface area contributed by atoms with E-state index in [4.69, 9.17) is 14.2 Å². The van der Waals surface area contributed by atoms with Crippen molar-refractivity contribution in [1.29, 1.82) is 0 Å². The van der Waals surface area contributed by atoms with Gasteiger partial charge in [-0.2, -0.15) is 0 Å². The topological polar surface area (TPSA) is 120 Å². The Bertz CT molecular complexity index is 943. The largest absolute Gasteiger partial charge is 0.444 e. The third kappa shape index (κ3) is 10.4. The van der Waals surface area contributed by atoms with Crippen molar-refractivity contribution in [3.63, 3.8) is 0 Å². The van der Waals surface area contributed by atoms with Crippen LogP contribution in [-0.4, -0.2) is 60.5 Å². The maximum atomic E-state index is 12.2. The molecule has 1 atom stereocenters. The van der Waals surface area contributed by atoms with Gasteiger partial charge >= 0.3 is 12.1 Å². The molecule has 2 aromatic rings. The van der Waals surface area contributed by atoms with Crippen molar-refractivity contribution >= 4 is 17.7 Å². The maximum Gasteiger partial charge on any atom is 0.407 e. The van der Waals surface area contributed by atoms with Gasteiger partial charge in [-0.15, -0.1) is 0 Å². The van der Waals surface area contributed by atoms with Crippen LogP contribution < -0.4 is 10.1 Å². The summed E-state index contributed by atoms with van der Waals surface area (Å²) < 4.78 is 16.3. The van der Waals surface area contributed by atoms with Crippen LogP contribution >= 0.6 is 0 Å². The van der Waals surface area contributed by atoms with Gasteiger partial charge in [0, 0.05) is 12.1 Å². The zero-order chi connectivity index (χ0) is 25.1. The number of nitrogens with zero attached hydrogens (tertiary/aromatic N) is 2. The molecule has 184 valence electrons. The van der Waals surface area contributed by atoms with Crippen LogP contribution in [0.25, 0.3) is 0 Å². The van der Waals surface area contributed by atoms with Crippen LogP contribution in [0.4, 0.5) is 10.5 Å². The van der Waals surface area contributed by atoms with Crippen LogP contribution in [-0.2, 0) is 20.7 Å². The van der Waals surface area contributed by atoms with E-state index in [1.807, 2.05) is 30.3 Å². The van der Waals surface area contributed by atoms with Gasteiger partial charge < -0.3 is 19.5 Å². The number of nitro benzene ring substituents is 1. The van der Waals surface area contributed by atoms with Gasteiger partial charge in [-0.25, -0.2) is 4.79 Å². The van der Waals surface area contributed by atoms with Gasteiger partial charge in [-0.05, 0) is 51.9 Å². The molecule has 0 aliphatic heterocycles. The number of hydrogen-bond acceptors (Lipinski definition) is 8. The Hall–Kier alpha value is -3.50. The molecule has 0 saturated carbocycles. The molecule has 0 aliphatic carbocycles. The van der Waals surface area contributed by atoms with Crippen LogP contribution in [0.2, 0.25) is 0 Å². The molecule has 0 aromatic heterocycles. The predicted octanol–water partition coefficient (Wildman–Crippen LogP) is 3.54. The lowest BCUT2D eigenvalue weighted by Crippen LogP contribution is -2.43. The summed E-state index contributed by atoms with van der Waals surface area (Å²) in [5, 5.41) is 13.5. The molecule has 10 nitrogen and oxygen atoms in total. The number of benzene rings is 2. The molecule has 1 amide bonds. The second-order valence-corrected chi connectivity index (χ2v) is 8.77. The molecule has 34 heavy (non-hydrogen) atoms. The van der Waals surface area contributed by atoms with Crippen LogP contribution in [0.3, 0.4) is 0 Å². The van der Waals surface area contributed by atoms with Gasteiger partial charge in [-0.1, -0.05) is 30.3 Å². The molecule has 0 saturated heterocycles. The number of nitro groups is 1. The standard InChI is InChI=1S/C24H31N3O7/c1-24(2,3)34-23(29)25-19(14-18-8-6-5-7-9-18)16-32-17-26(4)15-22(28)33-21-12-10-20(11-13-21)27(30)31/h5-13,19H,14-17H2,1-4H3,(H,25,29)/t19-/m0/s1. The first-order chi connectivity index (χ1) is 16.0. The number of carbonyl (C=O) groups excluding carboxylic acids is 2. The van der Waals surface area contributed by atoms with E-state index in [0.29, 0.717) is 6.42 Å². The minimum atomic E-state index is -0.619. The van der Waals surface area contributed by atoms with Crippen LogP contribution in [0.15, 0.2) is 54.6 Å². The monoisotopic (exact) mass is 473 g/mol. The smallest absolute Gasteiger partial charge is 0.407 e. The van der Waals surface area contributed by atoms with Crippen LogP contribution in [0, 0.1) is 10.1 Å². The zero-order valence-corrected chi connectivity index (χ0v) is 19.9. The highest BCUT2D eigenvalue weighted by atomic mass is 16.6. The molecule has 0 fully saturated rings. The SMILES string of the molecule is CN(COC[C@H](Cc1ccccc1)NC(=O)OC(C)(C)C)CC(=O)Oc1ccc([N+](=O)[O-])cc1. The third-order valence-corrected chi connectivity index (χ3v) is 4.35. The van der Waals surface area contributed by atoms with Gasteiger partial charge in [0.15, 0.2) is 0 Å². The molecule has 0 spiro atoms. The summed E-state index contributed by atoms with van der Waals surface area (Å²) in [5.74, 6) is -0.318. The highest BCUT2D eigenvalue weighted by Gasteiger charge is 2.20. The summed E-state index contributed by atoms with van der Waals surface area (Å²) in [6, 6.07) is 14.6. The summed E-state index contributed by atoms with van der Waals surface area (Å²) >= 11 is 0. The van der Waals surface area contributed by atoms with Gasteiger partial charge in [0.05, 0.1) is 30.8 Å². The molecular formula is C24H31N3O7. The first-order valence-corrected chi connectivity index (χ1v) is 10.8. The predicted molar refractivity (Wildman–Crippen MR) is 125 cm³/mol. The van der Waals surface area contributed by atoms with E-state index in [0.717, 1.165) is 5.56 Å². The molecule has 0 bridgehead atoms. The number of ether oxygens (including phenoxy) is 3. The first kappa shape index (κ1) is 26.7. The lowest BCUT2D eigenvalue weighted by Gasteiger charge is -2.24. The Balaban J connectivity index is 1.83. The Kier molecular flexibility index (Phi) is 9.96. The molecular weight excluding hydrogens is 442 g/mol. The van der Waals surface area contributed by atoms with E-state index in [9.17, 15) is 19.7 Å². The highest BCUT2D eigenvalue weighted by Crippen LogP contribution is 2.17. The third-order valence-electron chi connectivity index (χ3n) is 4.35. The molecule has 1 N–H and O–H groups in total. The number of likely N-dealkylation sites (N-methyl/N-ethyl adjacent to an activating group) is 1. The first-order valence-electron chi connectivity index (χ1n) is 10.8. The summed E-state index contributed by atoms with van der Waals surface area (Å²) in [7, 11) is 1.69. The summed E-state index contributed by atoms with van der Waals surface area (Å²) in [4.78, 5) is 36.1. The normalized spacial score (nSPS) is 12.1. The maximum absolute atomic E-state index is 12.2. The molecule has 0 unspecified atom stereocenters. The van der Waals surface area contributed by atoms with E-state index in [1.165, 1.54) is 24.3 Å². The van der Waals surface area contributed by atoms with E-state index in [-0.39, 0.29) is 37.4 Å². The number of non-ortho nitro benzene ring substituents is 1. The van der Waals surface area contributed by atoms with Crippen molar-refractivity contribution in [2.45, 2.75) is 38.8 Å². The average Bonchev–Trinajstić information content (AvgIpc) is 2.73. The van der Waals surface area contributed by atoms with Crippen molar-refractivity contribution < 1.29 is 28.7 Å². The number of alkyl carbamates (subject to hydrolysis) is 1. The Labute approximate surface area is 198 Å². The second-order valence-electron chi connectivity index (χ2n) is 8.77. The van der Waals surface area contributed by atoms with Crippen LogP contribution in [0.5, 0.6) is 5.75 Å². The number of hydrogen-bond donors (Lipinski definition) is 1. The quantitative estimate of drug-likeness (QED) is 0.173. The highest BCUT2D eigenvalue weighted by molar-refractivity contribution is 5.74. The lowest BCUT2D eigenvalue weighted by atomic mass is 10.1. The fourth-order valence-corrected chi connectivity index (χ4v) is 2.94. The zero-order valence-electron chi connectivity index (χ0n) is 19.9.